The summed E-state index contributed by atoms with van der Waals surface area (Å²) in [5.41, 5.74) is 0. The number of fused-ring (bicyclic) bond motifs is 1. The third-order valence-electron chi connectivity index (χ3n) is 4.14. The van der Waals surface area contributed by atoms with Crippen molar-refractivity contribution in [2.24, 2.45) is 0 Å². The van der Waals surface area contributed by atoms with Crippen LogP contribution in [0.15, 0.2) is 12.4 Å². The van der Waals surface area contributed by atoms with E-state index < -0.39 is 0 Å². The van der Waals surface area contributed by atoms with Crippen molar-refractivity contribution >= 4 is 27.4 Å². The van der Waals surface area contributed by atoms with Gasteiger partial charge in [-0.1, -0.05) is 13.8 Å². The zero-order valence-corrected chi connectivity index (χ0v) is 14.2. The Morgan fingerprint density at radius 3 is 2.86 bits per heavy atom. The molecule has 1 unspecified atom stereocenters. The maximum Gasteiger partial charge on any atom is 0.138 e. The largest absolute Gasteiger partial charge is 0.379 e. The molecule has 3 heterocycles. The van der Waals surface area contributed by atoms with Gasteiger partial charge in [-0.15, -0.1) is 11.3 Å². The van der Waals surface area contributed by atoms with Crippen molar-refractivity contribution in [2.75, 3.05) is 38.2 Å². The second-order valence-electron chi connectivity index (χ2n) is 5.67. The Labute approximate surface area is 135 Å². The monoisotopic (exact) mass is 320 g/mol. The molecule has 22 heavy (non-hydrogen) atoms. The molecule has 5 nitrogen and oxygen atoms in total. The summed E-state index contributed by atoms with van der Waals surface area (Å²) in [6.07, 6.45) is 3.79. The van der Waals surface area contributed by atoms with E-state index in [2.05, 4.69) is 40.1 Å². The number of morpholine rings is 1. The van der Waals surface area contributed by atoms with Gasteiger partial charge in [0.15, 0.2) is 0 Å². The number of anilines is 1. The predicted octanol–water partition coefficient (Wildman–Crippen LogP) is 2.78. The lowest BCUT2D eigenvalue weighted by molar-refractivity contribution is 0.0360. The van der Waals surface area contributed by atoms with Crippen molar-refractivity contribution in [1.82, 2.24) is 14.9 Å². The molecule has 1 fully saturated rings. The average molecular weight is 320 g/mol. The van der Waals surface area contributed by atoms with Gasteiger partial charge >= 0.3 is 0 Å². The van der Waals surface area contributed by atoms with Gasteiger partial charge < -0.3 is 10.1 Å². The minimum atomic E-state index is 0.404. The van der Waals surface area contributed by atoms with Gasteiger partial charge in [0, 0.05) is 30.6 Å². The van der Waals surface area contributed by atoms with Crippen LogP contribution in [0.1, 0.15) is 25.1 Å². The van der Waals surface area contributed by atoms with Crippen molar-refractivity contribution in [3.63, 3.8) is 0 Å². The lowest BCUT2D eigenvalue weighted by atomic mass is 10.2. The lowest BCUT2D eigenvalue weighted by Gasteiger charge is -2.30. The van der Waals surface area contributed by atoms with Crippen LogP contribution in [0.4, 0.5) is 5.82 Å². The van der Waals surface area contributed by atoms with Gasteiger partial charge in [0.2, 0.25) is 0 Å². The van der Waals surface area contributed by atoms with E-state index in [0.29, 0.717) is 6.04 Å². The number of nitrogens with one attached hydrogen (secondary N) is 1. The fraction of sp³-hybridized carbons (Fsp3) is 0.625. The molecule has 1 aliphatic rings. The third kappa shape index (κ3) is 3.56. The Hall–Kier alpha value is -1.24. The molecule has 120 valence electrons. The highest BCUT2D eigenvalue weighted by Gasteiger charge is 2.17. The Morgan fingerprint density at radius 1 is 1.32 bits per heavy atom. The SMILES string of the molecule is CCc1cc2c(NC(CC)CN3CCOCC3)ncnc2s1. The van der Waals surface area contributed by atoms with Crippen LogP contribution >= 0.6 is 11.3 Å². The van der Waals surface area contributed by atoms with Crippen molar-refractivity contribution in [3.8, 4) is 0 Å². The smallest absolute Gasteiger partial charge is 0.138 e. The van der Waals surface area contributed by atoms with E-state index in [9.17, 15) is 0 Å². The number of ether oxygens (including phenoxy) is 1. The number of rotatable bonds is 6. The normalized spacial score (nSPS) is 17.7. The highest BCUT2D eigenvalue weighted by atomic mass is 32.1. The van der Waals surface area contributed by atoms with E-state index in [1.807, 2.05) is 0 Å². The molecule has 0 radical (unpaired) electrons. The van der Waals surface area contributed by atoms with Gasteiger partial charge in [-0.05, 0) is 18.9 Å². The minimum Gasteiger partial charge on any atom is -0.379 e. The van der Waals surface area contributed by atoms with E-state index in [1.165, 1.54) is 4.88 Å². The Balaban J connectivity index is 1.73. The van der Waals surface area contributed by atoms with Gasteiger partial charge in [0.25, 0.3) is 0 Å². The Morgan fingerprint density at radius 2 is 2.14 bits per heavy atom. The van der Waals surface area contributed by atoms with Gasteiger partial charge in [-0.2, -0.15) is 0 Å². The molecule has 0 aliphatic carbocycles. The number of aryl methyl sites for hydroxylation is 1. The molecule has 1 aliphatic heterocycles. The summed E-state index contributed by atoms with van der Waals surface area (Å²) < 4.78 is 5.42. The summed E-state index contributed by atoms with van der Waals surface area (Å²) >= 11 is 1.76. The first-order chi connectivity index (χ1) is 10.8. The number of aromatic nitrogens is 2. The van der Waals surface area contributed by atoms with E-state index in [-0.39, 0.29) is 0 Å². The van der Waals surface area contributed by atoms with Gasteiger partial charge in [0.1, 0.15) is 17.0 Å². The topological polar surface area (TPSA) is 50.3 Å². The summed E-state index contributed by atoms with van der Waals surface area (Å²) in [6, 6.07) is 2.63. The average Bonchev–Trinajstić information content (AvgIpc) is 2.99. The molecule has 2 aromatic rings. The number of hydrogen-bond donors (Lipinski definition) is 1. The van der Waals surface area contributed by atoms with Crippen LogP contribution in [0.2, 0.25) is 0 Å². The first-order valence-corrected chi connectivity index (χ1v) is 8.91. The highest BCUT2D eigenvalue weighted by Crippen LogP contribution is 2.28. The summed E-state index contributed by atoms with van der Waals surface area (Å²) in [5.74, 6) is 0.973. The standard InChI is InChI=1S/C16H24N4OS/c1-3-12(10-20-5-7-21-8-6-20)19-15-14-9-13(4-2)22-16(14)18-11-17-15/h9,11-12H,3-8,10H2,1-2H3,(H,17,18,19). The van der Waals surface area contributed by atoms with Crippen LogP contribution in [-0.4, -0.2) is 53.8 Å². The van der Waals surface area contributed by atoms with Crippen LogP contribution in [0, 0.1) is 0 Å². The van der Waals surface area contributed by atoms with Crippen LogP contribution in [0.3, 0.4) is 0 Å². The summed E-state index contributed by atoms with van der Waals surface area (Å²) in [5, 5.41) is 4.79. The van der Waals surface area contributed by atoms with Gasteiger partial charge in [-0.25, -0.2) is 9.97 Å². The molecule has 0 spiro atoms. The van der Waals surface area contributed by atoms with Crippen LogP contribution < -0.4 is 5.32 Å². The molecule has 0 aromatic carbocycles. The van der Waals surface area contributed by atoms with Crippen molar-refractivity contribution in [1.29, 1.82) is 0 Å². The molecule has 2 aromatic heterocycles. The van der Waals surface area contributed by atoms with Gasteiger partial charge in [0.05, 0.1) is 18.6 Å². The number of nitrogens with zero attached hydrogens (tertiary/aromatic N) is 3. The highest BCUT2D eigenvalue weighted by molar-refractivity contribution is 7.18. The molecule has 0 amide bonds. The molecule has 1 saturated heterocycles. The molecule has 3 rings (SSSR count). The van der Waals surface area contributed by atoms with E-state index in [0.717, 1.165) is 61.7 Å². The van der Waals surface area contributed by atoms with Crippen molar-refractivity contribution in [2.45, 2.75) is 32.7 Å². The first-order valence-electron chi connectivity index (χ1n) is 8.10. The Bertz CT molecular complexity index is 609. The minimum absolute atomic E-state index is 0.404. The quantitative estimate of drug-likeness (QED) is 0.887. The molecular formula is C16H24N4OS. The van der Waals surface area contributed by atoms with E-state index in [1.54, 1.807) is 17.7 Å². The summed E-state index contributed by atoms with van der Waals surface area (Å²) in [4.78, 5) is 13.8. The summed E-state index contributed by atoms with van der Waals surface area (Å²) in [6.45, 7) is 9.18. The molecule has 0 bridgehead atoms. The summed E-state index contributed by atoms with van der Waals surface area (Å²) in [7, 11) is 0. The van der Waals surface area contributed by atoms with Crippen molar-refractivity contribution < 1.29 is 4.74 Å². The third-order valence-corrected chi connectivity index (χ3v) is 5.33. The van der Waals surface area contributed by atoms with Crippen LogP contribution in [-0.2, 0) is 11.2 Å². The van der Waals surface area contributed by atoms with Gasteiger partial charge in [-0.3, -0.25) is 4.90 Å². The van der Waals surface area contributed by atoms with E-state index >= 15 is 0 Å². The second-order valence-corrected chi connectivity index (χ2v) is 6.79. The molecule has 1 N–H and O–H groups in total. The number of thiophene rings is 1. The van der Waals surface area contributed by atoms with Crippen LogP contribution in [0.25, 0.3) is 10.2 Å². The lowest BCUT2D eigenvalue weighted by Crippen LogP contribution is -2.43. The maximum atomic E-state index is 5.42. The zero-order chi connectivity index (χ0) is 15.4. The Kier molecular flexibility index (Phi) is 5.23. The first kappa shape index (κ1) is 15.6. The number of hydrogen-bond acceptors (Lipinski definition) is 6. The van der Waals surface area contributed by atoms with Crippen LogP contribution in [0.5, 0.6) is 0 Å². The molecular weight excluding hydrogens is 296 g/mol. The van der Waals surface area contributed by atoms with Crippen molar-refractivity contribution in [3.05, 3.63) is 17.3 Å². The second kappa shape index (κ2) is 7.35. The fourth-order valence-electron chi connectivity index (χ4n) is 2.76. The maximum absolute atomic E-state index is 5.42. The molecule has 0 saturated carbocycles. The molecule has 6 heteroatoms. The fourth-order valence-corrected chi connectivity index (χ4v) is 3.70. The van der Waals surface area contributed by atoms with E-state index in [4.69, 9.17) is 4.74 Å². The predicted molar refractivity (Wildman–Crippen MR) is 91.8 cm³/mol. The zero-order valence-electron chi connectivity index (χ0n) is 13.3. The molecule has 1 atom stereocenters.